The third kappa shape index (κ3) is 4.65. The van der Waals surface area contributed by atoms with E-state index in [1.165, 1.54) is 60.8 Å². The van der Waals surface area contributed by atoms with Crippen molar-refractivity contribution >= 4 is 60.8 Å². The van der Waals surface area contributed by atoms with E-state index < -0.39 is 5.41 Å². The van der Waals surface area contributed by atoms with Gasteiger partial charge >= 0.3 is 0 Å². The summed E-state index contributed by atoms with van der Waals surface area (Å²) in [7, 11) is 0. The first-order valence-corrected chi connectivity index (χ1v) is 22.1. The Kier molecular flexibility index (Phi) is 7.32. The Balaban J connectivity index is 1.09. The highest BCUT2D eigenvalue weighted by Gasteiger charge is 2.52. The van der Waals surface area contributed by atoms with Crippen LogP contribution in [-0.2, 0) is 5.41 Å². The average Bonchev–Trinajstić information content (AvgIpc) is 4.08. The maximum atomic E-state index is 6.72. The Morgan fingerprint density at radius 3 is 1.70 bits per heavy atom. The van der Waals surface area contributed by atoms with Gasteiger partial charge in [0.25, 0.3) is 0 Å². The van der Waals surface area contributed by atoms with Gasteiger partial charge in [-0.2, -0.15) is 0 Å². The molecule has 2 aromatic heterocycles. The smallest absolute Gasteiger partial charge is 0.138 e. The van der Waals surface area contributed by atoms with Gasteiger partial charge in [0.15, 0.2) is 0 Å². The molecule has 0 aliphatic heterocycles. The topological polar surface area (TPSA) is 21.3 Å². The molecule has 0 fully saturated rings. The van der Waals surface area contributed by atoms with Crippen molar-refractivity contribution in [1.29, 1.82) is 0 Å². The number of nitrogens with zero attached hydrogens (tertiary/aromatic N) is 2. The number of hydrogen-bond acceptors (Lipinski definition) is 2. The van der Waals surface area contributed by atoms with Gasteiger partial charge in [0.1, 0.15) is 11.2 Å². The molecule has 64 heavy (non-hydrogen) atoms. The zero-order chi connectivity index (χ0) is 41.9. The number of rotatable bonds is 5. The van der Waals surface area contributed by atoms with Crippen molar-refractivity contribution in [2.45, 2.75) is 5.41 Å². The molecule has 1 spiro atoms. The molecule has 298 valence electrons. The quantitative estimate of drug-likeness (QED) is 0.173. The molecule has 2 heterocycles. The van der Waals surface area contributed by atoms with Gasteiger partial charge in [-0.1, -0.05) is 176 Å². The lowest BCUT2D eigenvalue weighted by molar-refractivity contribution is 0.669. The van der Waals surface area contributed by atoms with E-state index in [9.17, 15) is 0 Å². The average molecular weight is 815 g/mol. The first kappa shape index (κ1) is 35.2. The second-order valence-electron chi connectivity index (χ2n) is 17.1. The molecule has 12 aromatic rings. The lowest BCUT2D eigenvalue weighted by atomic mass is 9.70. The summed E-state index contributed by atoms with van der Waals surface area (Å²) >= 11 is 0. The van der Waals surface area contributed by atoms with Gasteiger partial charge in [-0.25, -0.2) is 0 Å². The van der Waals surface area contributed by atoms with Crippen molar-refractivity contribution in [3.05, 3.63) is 253 Å². The SMILES string of the molecule is c1ccc(-c2c3c(cc4c2c2ccc(N(c5ccccc5)c5cccc6c5-c5ccccc5C65c6ccccc6-c6ccccc65)cc2n4-c2ccccc2)oc2ccccc23)cc1. The minimum atomic E-state index is -0.448. The molecule has 0 atom stereocenters. The summed E-state index contributed by atoms with van der Waals surface area (Å²) in [6, 6.07) is 84.4. The summed E-state index contributed by atoms with van der Waals surface area (Å²) in [6.07, 6.45) is 0. The normalized spacial score (nSPS) is 13.1. The predicted molar refractivity (Wildman–Crippen MR) is 264 cm³/mol. The number of fused-ring (bicyclic) bond motifs is 16. The number of furan rings is 1. The monoisotopic (exact) mass is 814 g/mol. The number of para-hydroxylation sites is 3. The van der Waals surface area contributed by atoms with Gasteiger partial charge in [0.2, 0.25) is 0 Å². The zero-order valence-corrected chi connectivity index (χ0v) is 34.7. The van der Waals surface area contributed by atoms with Gasteiger partial charge in [0.05, 0.1) is 22.1 Å². The van der Waals surface area contributed by atoms with E-state index in [4.69, 9.17) is 4.42 Å². The first-order valence-electron chi connectivity index (χ1n) is 22.1. The van der Waals surface area contributed by atoms with E-state index in [1.807, 2.05) is 0 Å². The van der Waals surface area contributed by atoms with Crippen LogP contribution >= 0.6 is 0 Å². The highest BCUT2D eigenvalue weighted by atomic mass is 16.3. The Bertz CT molecular complexity index is 3800. The molecule has 2 aliphatic carbocycles. The fraction of sp³-hybridized carbons (Fsp3) is 0.0164. The van der Waals surface area contributed by atoms with Crippen LogP contribution in [0.15, 0.2) is 235 Å². The molecular weight excluding hydrogens is 777 g/mol. The van der Waals surface area contributed by atoms with Crippen LogP contribution < -0.4 is 4.90 Å². The summed E-state index contributed by atoms with van der Waals surface area (Å²) in [5.41, 5.74) is 20.8. The van der Waals surface area contributed by atoms with E-state index in [1.54, 1.807) is 0 Å². The molecule has 0 saturated heterocycles. The van der Waals surface area contributed by atoms with Crippen LogP contribution in [0.4, 0.5) is 17.1 Å². The van der Waals surface area contributed by atoms with E-state index in [-0.39, 0.29) is 0 Å². The molecule has 2 aliphatic rings. The number of benzene rings is 10. The molecule has 3 nitrogen and oxygen atoms in total. The minimum Gasteiger partial charge on any atom is -0.456 e. The van der Waals surface area contributed by atoms with Crippen LogP contribution in [0, 0.1) is 0 Å². The molecule has 0 amide bonds. The highest BCUT2D eigenvalue weighted by molar-refractivity contribution is 6.27. The third-order valence-corrected chi connectivity index (χ3v) is 14.0. The zero-order valence-electron chi connectivity index (χ0n) is 34.7. The van der Waals surface area contributed by atoms with Gasteiger partial charge in [-0.3, -0.25) is 0 Å². The molecular formula is C61H38N2O. The van der Waals surface area contributed by atoms with Crippen LogP contribution in [-0.4, -0.2) is 4.57 Å². The summed E-state index contributed by atoms with van der Waals surface area (Å²) in [6.45, 7) is 0. The van der Waals surface area contributed by atoms with Gasteiger partial charge in [-0.15, -0.1) is 0 Å². The lowest BCUT2D eigenvalue weighted by Gasteiger charge is -2.31. The maximum Gasteiger partial charge on any atom is 0.138 e. The Morgan fingerprint density at radius 1 is 0.375 bits per heavy atom. The van der Waals surface area contributed by atoms with Crippen molar-refractivity contribution in [1.82, 2.24) is 4.57 Å². The first-order chi connectivity index (χ1) is 31.8. The number of hydrogen-bond donors (Lipinski definition) is 0. The summed E-state index contributed by atoms with van der Waals surface area (Å²) < 4.78 is 9.15. The standard InChI is InChI=1S/C61H38N2O/c1-4-19-39(20-5-1)57-59-46-36-35-42(37-53(46)63(41-23-8-3-9-24-41)54(59)38-56-60(57)47-28-13-17-34-55(47)64-56)62(40-21-6-2-7-22-40)52-33-18-32-51-58(52)45-27-12-16-31-50(45)61(51)48-29-14-10-25-43(48)44-26-11-15-30-49(44)61/h1-38H. The Labute approximate surface area is 370 Å². The fourth-order valence-corrected chi connectivity index (χ4v) is 11.6. The highest BCUT2D eigenvalue weighted by Crippen LogP contribution is 2.64. The van der Waals surface area contributed by atoms with Crippen molar-refractivity contribution in [2.75, 3.05) is 4.90 Å². The molecule has 14 rings (SSSR count). The van der Waals surface area contributed by atoms with Crippen LogP contribution in [0.25, 0.3) is 82.8 Å². The molecule has 0 radical (unpaired) electrons. The molecule has 0 unspecified atom stereocenters. The Hall–Kier alpha value is -8.40. The Morgan fingerprint density at radius 2 is 0.969 bits per heavy atom. The van der Waals surface area contributed by atoms with Crippen molar-refractivity contribution < 1.29 is 4.42 Å². The molecule has 0 saturated carbocycles. The summed E-state index contributed by atoms with van der Waals surface area (Å²) in [5, 5.41) is 4.65. The van der Waals surface area contributed by atoms with Crippen molar-refractivity contribution in [3.8, 4) is 39.1 Å². The van der Waals surface area contributed by atoms with Crippen LogP contribution in [0.1, 0.15) is 22.3 Å². The maximum absolute atomic E-state index is 6.72. The molecule has 10 aromatic carbocycles. The van der Waals surface area contributed by atoms with E-state index >= 15 is 0 Å². The molecule has 0 bridgehead atoms. The van der Waals surface area contributed by atoms with Gasteiger partial charge < -0.3 is 13.9 Å². The minimum absolute atomic E-state index is 0.448. The van der Waals surface area contributed by atoms with Crippen LogP contribution in [0.3, 0.4) is 0 Å². The summed E-state index contributed by atoms with van der Waals surface area (Å²) in [5.74, 6) is 0. The predicted octanol–water partition coefficient (Wildman–Crippen LogP) is 16.2. The van der Waals surface area contributed by atoms with Crippen LogP contribution in [0.5, 0.6) is 0 Å². The second kappa shape index (κ2) is 13.3. The van der Waals surface area contributed by atoms with E-state index in [0.717, 1.165) is 61.3 Å². The molecule has 3 heteroatoms. The summed E-state index contributed by atoms with van der Waals surface area (Å²) in [4.78, 5) is 2.48. The van der Waals surface area contributed by atoms with Crippen molar-refractivity contribution in [3.63, 3.8) is 0 Å². The van der Waals surface area contributed by atoms with Crippen LogP contribution in [0.2, 0.25) is 0 Å². The largest absolute Gasteiger partial charge is 0.456 e. The number of anilines is 3. The van der Waals surface area contributed by atoms with Gasteiger partial charge in [-0.05, 0) is 93.0 Å². The fourth-order valence-electron chi connectivity index (χ4n) is 11.6. The van der Waals surface area contributed by atoms with E-state index in [0.29, 0.717) is 0 Å². The molecule has 0 N–H and O–H groups in total. The lowest BCUT2D eigenvalue weighted by Crippen LogP contribution is -2.26. The van der Waals surface area contributed by atoms with Gasteiger partial charge in [0, 0.05) is 55.8 Å². The van der Waals surface area contributed by atoms with E-state index in [2.05, 4.69) is 240 Å². The number of aromatic nitrogens is 1. The second-order valence-corrected chi connectivity index (χ2v) is 17.1. The third-order valence-electron chi connectivity index (χ3n) is 14.0. The van der Waals surface area contributed by atoms with Crippen molar-refractivity contribution in [2.24, 2.45) is 0 Å².